The Hall–Kier alpha value is -1.21. The average Bonchev–Trinajstić information content (AvgIpc) is 2.52. The predicted octanol–water partition coefficient (Wildman–Crippen LogP) is -1.30. The van der Waals surface area contributed by atoms with Gasteiger partial charge in [0.05, 0.1) is 0 Å². The van der Waals surface area contributed by atoms with Gasteiger partial charge in [-0.2, -0.15) is 0 Å². The highest BCUT2D eigenvalue weighted by Gasteiger charge is 1.99. The van der Waals surface area contributed by atoms with Gasteiger partial charge in [0.1, 0.15) is 12.2 Å². The molecule has 0 unspecified atom stereocenters. The van der Waals surface area contributed by atoms with Gasteiger partial charge in [0.25, 0.3) is 0 Å². The SMILES string of the molecule is Cn1cnnc1CCNC(=S)NN. The number of thiocarbonyl (C=S) groups is 1. The molecule has 0 aliphatic rings. The summed E-state index contributed by atoms with van der Waals surface area (Å²) < 4.78 is 1.86. The fourth-order valence-corrected chi connectivity index (χ4v) is 0.974. The van der Waals surface area contributed by atoms with Crippen molar-refractivity contribution in [1.82, 2.24) is 25.5 Å². The second-order valence-electron chi connectivity index (χ2n) is 2.51. The van der Waals surface area contributed by atoms with Crippen molar-refractivity contribution in [3.8, 4) is 0 Å². The van der Waals surface area contributed by atoms with Gasteiger partial charge in [-0.25, -0.2) is 5.84 Å². The topological polar surface area (TPSA) is 80.8 Å². The third-order valence-electron chi connectivity index (χ3n) is 1.57. The largest absolute Gasteiger partial charge is 0.361 e. The van der Waals surface area contributed by atoms with Gasteiger partial charge in [0.2, 0.25) is 0 Å². The van der Waals surface area contributed by atoms with Crippen LogP contribution in [0.3, 0.4) is 0 Å². The molecule has 1 aromatic rings. The summed E-state index contributed by atoms with van der Waals surface area (Å²) in [5.41, 5.74) is 2.34. The van der Waals surface area contributed by atoms with E-state index in [2.05, 4.69) is 20.9 Å². The van der Waals surface area contributed by atoms with Crippen molar-refractivity contribution in [2.24, 2.45) is 12.9 Å². The van der Waals surface area contributed by atoms with E-state index in [0.29, 0.717) is 11.7 Å². The highest BCUT2D eigenvalue weighted by molar-refractivity contribution is 7.80. The summed E-state index contributed by atoms with van der Waals surface area (Å²) in [7, 11) is 1.90. The maximum Gasteiger partial charge on any atom is 0.180 e. The third-order valence-corrected chi connectivity index (χ3v) is 1.83. The summed E-state index contributed by atoms with van der Waals surface area (Å²) in [5, 5.41) is 11.0. The number of nitrogens with zero attached hydrogens (tertiary/aromatic N) is 3. The van der Waals surface area contributed by atoms with Crippen LogP contribution in [0.2, 0.25) is 0 Å². The molecule has 0 fully saturated rings. The minimum absolute atomic E-state index is 0.433. The van der Waals surface area contributed by atoms with Gasteiger partial charge in [-0.1, -0.05) is 0 Å². The summed E-state index contributed by atoms with van der Waals surface area (Å²) in [4.78, 5) is 0. The minimum atomic E-state index is 0.433. The molecule has 1 aromatic heterocycles. The summed E-state index contributed by atoms with van der Waals surface area (Å²) >= 11 is 4.79. The molecular formula is C6H12N6S. The van der Waals surface area contributed by atoms with Crippen LogP contribution in [0.15, 0.2) is 6.33 Å². The Labute approximate surface area is 81.5 Å². The summed E-state index contributed by atoms with van der Waals surface area (Å²) in [6, 6.07) is 0. The molecule has 4 N–H and O–H groups in total. The molecule has 0 saturated carbocycles. The van der Waals surface area contributed by atoms with Crippen LogP contribution in [-0.4, -0.2) is 26.4 Å². The molecule has 6 nitrogen and oxygen atoms in total. The van der Waals surface area contributed by atoms with Gasteiger partial charge < -0.3 is 15.3 Å². The highest BCUT2D eigenvalue weighted by atomic mass is 32.1. The monoisotopic (exact) mass is 200 g/mol. The smallest absolute Gasteiger partial charge is 0.180 e. The van der Waals surface area contributed by atoms with E-state index >= 15 is 0 Å². The van der Waals surface area contributed by atoms with Crippen LogP contribution in [0, 0.1) is 0 Å². The van der Waals surface area contributed by atoms with Crippen LogP contribution in [0.25, 0.3) is 0 Å². The van der Waals surface area contributed by atoms with Crippen molar-refractivity contribution in [3.63, 3.8) is 0 Å². The zero-order chi connectivity index (χ0) is 9.68. The van der Waals surface area contributed by atoms with Gasteiger partial charge in [-0.3, -0.25) is 0 Å². The highest BCUT2D eigenvalue weighted by Crippen LogP contribution is 1.90. The first-order valence-electron chi connectivity index (χ1n) is 3.81. The Kier molecular flexibility index (Phi) is 3.59. The van der Waals surface area contributed by atoms with E-state index in [1.807, 2.05) is 11.6 Å². The van der Waals surface area contributed by atoms with Crippen LogP contribution in [-0.2, 0) is 13.5 Å². The van der Waals surface area contributed by atoms with Crippen molar-refractivity contribution in [3.05, 3.63) is 12.2 Å². The molecule has 0 aliphatic heterocycles. The first-order valence-corrected chi connectivity index (χ1v) is 4.22. The number of nitrogens with two attached hydrogens (primary N) is 1. The average molecular weight is 200 g/mol. The third kappa shape index (κ3) is 2.96. The fourth-order valence-electron chi connectivity index (χ4n) is 0.872. The molecule has 0 amide bonds. The van der Waals surface area contributed by atoms with E-state index in [0.717, 1.165) is 12.2 Å². The fraction of sp³-hybridized carbons (Fsp3) is 0.500. The normalized spacial score (nSPS) is 9.69. The first kappa shape index (κ1) is 9.87. The van der Waals surface area contributed by atoms with Crippen LogP contribution in [0.5, 0.6) is 0 Å². The van der Waals surface area contributed by atoms with E-state index in [-0.39, 0.29) is 0 Å². The molecule has 72 valence electrons. The summed E-state index contributed by atoms with van der Waals surface area (Å²) in [5.74, 6) is 5.98. The van der Waals surface area contributed by atoms with E-state index in [1.165, 1.54) is 0 Å². The molecule has 0 aromatic carbocycles. The van der Waals surface area contributed by atoms with E-state index < -0.39 is 0 Å². The Bertz CT molecular complexity index is 282. The van der Waals surface area contributed by atoms with Crippen molar-refractivity contribution in [2.75, 3.05) is 6.54 Å². The van der Waals surface area contributed by atoms with Gasteiger partial charge >= 0.3 is 0 Å². The van der Waals surface area contributed by atoms with Crippen LogP contribution < -0.4 is 16.6 Å². The number of aromatic nitrogens is 3. The summed E-state index contributed by atoms with van der Waals surface area (Å²) in [6.45, 7) is 0.690. The minimum Gasteiger partial charge on any atom is -0.361 e. The number of hydrogen-bond donors (Lipinski definition) is 3. The summed E-state index contributed by atoms with van der Waals surface area (Å²) in [6.07, 6.45) is 2.42. The zero-order valence-corrected chi connectivity index (χ0v) is 8.14. The Morgan fingerprint density at radius 1 is 1.77 bits per heavy atom. The molecule has 0 bridgehead atoms. The van der Waals surface area contributed by atoms with Crippen LogP contribution in [0.4, 0.5) is 0 Å². The van der Waals surface area contributed by atoms with Crippen molar-refractivity contribution >= 4 is 17.3 Å². The molecular weight excluding hydrogens is 188 g/mol. The lowest BCUT2D eigenvalue weighted by atomic mass is 10.4. The van der Waals surface area contributed by atoms with E-state index in [4.69, 9.17) is 18.1 Å². The number of nitrogens with one attached hydrogen (secondary N) is 2. The first-order chi connectivity index (χ1) is 6.24. The van der Waals surface area contributed by atoms with Crippen LogP contribution >= 0.6 is 12.2 Å². The van der Waals surface area contributed by atoms with Gasteiger partial charge in [-0.05, 0) is 12.2 Å². The zero-order valence-electron chi connectivity index (χ0n) is 7.32. The predicted molar refractivity (Wildman–Crippen MR) is 52.6 cm³/mol. The Morgan fingerprint density at radius 2 is 2.54 bits per heavy atom. The molecule has 0 spiro atoms. The van der Waals surface area contributed by atoms with E-state index in [9.17, 15) is 0 Å². The lowest BCUT2D eigenvalue weighted by molar-refractivity contribution is 0.741. The Morgan fingerprint density at radius 3 is 3.08 bits per heavy atom. The number of hydrazine groups is 1. The standard InChI is InChI=1S/C6H12N6S/c1-12-4-9-11-5(12)2-3-8-6(13)10-7/h4H,2-3,7H2,1H3,(H2,8,10,13). The maximum atomic E-state index is 5.07. The molecule has 1 rings (SSSR count). The van der Waals surface area contributed by atoms with Crippen molar-refractivity contribution in [2.45, 2.75) is 6.42 Å². The molecule has 0 saturated heterocycles. The number of hydrogen-bond acceptors (Lipinski definition) is 4. The van der Waals surface area contributed by atoms with Gasteiger partial charge in [0.15, 0.2) is 5.11 Å². The second kappa shape index (κ2) is 4.73. The second-order valence-corrected chi connectivity index (χ2v) is 2.92. The van der Waals surface area contributed by atoms with Crippen LogP contribution in [0.1, 0.15) is 5.82 Å². The number of aryl methyl sites for hydroxylation is 1. The molecule has 0 atom stereocenters. The van der Waals surface area contributed by atoms with E-state index in [1.54, 1.807) is 6.33 Å². The quantitative estimate of drug-likeness (QED) is 0.319. The molecule has 7 heteroatoms. The lowest BCUT2D eigenvalue weighted by Crippen LogP contribution is -2.40. The van der Waals surface area contributed by atoms with Crippen molar-refractivity contribution < 1.29 is 0 Å². The van der Waals surface area contributed by atoms with Gasteiger partial charge in [-0.15, -0.1) is 10.2 Å². The van der Waals surface area contributed by atoms with Crippen molar-refractivity contribution in [1.29, 1.82) is 0 Å². The maximum absolute atomic E-state index is 5.07. The molecule has 1 heterocycles. The molecule has 0 aliphatic carbocycles. The molecule has 13 heavy (non-hydrogen) atoms. The molecule has 0 radical (unpaired) electrons. The number of rotatable bonds is 3. The van der Waals surface area contributed by atoms with Gasteiger partial charge in [0, 0.05) is 20.0 Å². The Balaban J connectivity index is 2.28. The lowest BCUT2D eigenvalue weighted by Gasteiger charge is -2.05.